The minimum absolute atomic E-state index is 0.0267. The Labute approximate surface area is 147 Å². The summed E-state index contributed by atoms with van der Waals surface area (Å²) in [6, 6.07) is 5.43. The fourth-order valence-electron chi connectivity index (χ4n) is 2.41. The third-order valence-electron chi connectivity index (χ3n) is 3.62. The van der Waals surface area contributed by atoms with E-state index < -0.39 is 0 Å². The number of hydrogen-bond donors (Lipinski definition) is 1. The second kappa shape index (κ2) is 9.08. The molecule has 0 unspecified atom stereocenters. The molecule has 1 atom stereocenters. The van der Waals surface area contributed by atoms with Crippen molar-refractivity contribution in [1.82, 2.24) is 10.3 Å². The quantitative estimate of drug-likeness (QED) is 0.749. The van der Waals surface area contributed by atoms with Crippen molar-refractivity contribution in [2.75, 3.05) is 27.9 Å². The average molecular weight is 348 g/mol. The molecule has 0 bridgehead atoms. The van der Waals surface area contributed by atoms with Crippen LogP contribution in [0.3, 0.4) is 0 Å². The van der Waals surface area contributed by atoms with Crippen molar-refractivity contribution in [3.8, 4) is 22.8 Å². The van der Waals surface area contributed by atoms with Crippen LogP contribution in [0.15, 0.2) is 28.8 Å². The molecule has 136 valence electrons. The van der Waals surface area contributed by atoms with E-state index in [9.17, 15) is 4.79 Å². The number of rotatable bonds is 9. The lowest BCUT2D eigenvalue weighted by molar-refractivity contribution is -0.122. The molecule has 7 nitrogen and oxygen atoms in total. The Morgan fingerprint density at radius 1 is 1.28 bits per heavy atom. The van der Waals surface area contributed by atoms with Crippen molar-refractivity contribution in [2.24, 2.45) is 0 Å². The minimum Gasteiger partial charge on any atom is -0.497 e. The molecule has 0 spiro atoms. The molecule has 0 aliphatic carbocycles. The van der Waals surface area contributed by atoms with Crippen molar-refractivity contribution in [2.45, 2.75) is 25.8 Å². The van der Waals surface area contributed by atoms with Gasteiger partial charge in [-0.15, -0.1) is 0 Å². The van der Waals surface area contributed by atoms with E-state index in [0.717, 1.165) is 5.56 Å². The normalized spacial score (nSPS) is 11.8. The summed E-state index contributed by atoms with van der Waals surface area (Å²) in [7, 11) is 4.78. The van der Waals surface area contributed by atoms with Gasteiger partial charge in [0.25, 0.3) is 0 Å². The second-order valence-electron chi connectivity index (χ2n) is 5.61. The van der Waals surface area contributed by atoms with Crippen molar-refractivity contribution in [3.63, 3.8) is 0 Å². The molecule has 0 aliphatic rings. The molecule has 1 aromatic heterocycles. The minimum atomic E-state index is -0.0636. The zero-order valence-corrected chi connectivity index (χ0v) is 15.0. The number of methoxy groups -OCH3 is 3. The van der Waals surface area contributed by atoms with Crippen LogP contribution in [0.25, 0.3) is 11.3 Å². The molecule has 1 heterocycles. The van der Waals surface area contributed by atoms with E-state index in [1.807, 2.05) is 19.1 Å². The first kappa shape index (κ1) is 18.8. The van der Waals surface area contributed by atoms with E-state index >= 15 is 0 Å². The standard InChI is InChI=1S/C18H24N2O5/c1-12(11-22-2)20-17(21)7-8-18-19-10-16(25-18)14-6-5-13(23-3)9-15(14)24-4/h5-6,9-10,12H,7-8,11H2,1-4H3,(H,20,21)/t12-/m0/s1. The molecule has 2 aromatic rings. The maximum Gasteiger partial charge on any atom is 0.220 e. The Hall–Kier alpha value is -2.54. The zero-order valence-electron chi connectivity index (χ0n) is 15.0. The van der Waals surface area contributed by atoms with Crippen LogP contribution in [-0.2, 0) is 16.0 Å². The van der Waals surface area contributed by atoms with E-state index in [-0.39, 0.29) is 11.9 Å². The van der Waals surface area contributed by atoms with Crippen LogP contribution in [0.4, 0.5) is 0 Å². The van der Waals surface area contributed by atoms with Gasteiger partial charge >= 0.3 is 0 Å². The number of nitrogens with zero attached hydrogens (tertiary/aromatic N) is 1. The number of carbonyl (C=O) groups excluding carboxylic acids is 1. The third kappa shape index (κ3) is 5.22. The first-order valence-electron chi connectivity index (χ1n) is 8.02. The van der Waals surface area contributed by atoms with E-state index in [4.69, 9.17) is 18.6 Å². The highest BCUT2D eigenvalue weighted by molar-refractivity contribution is 5.76. The molecule has 0 radical (unpaired) electrons. The number of oxazole rings is 1. The SMILES string of the molecule is COC[C@H](C)NC(=O)CCc1ncc(-c2ccc(OC)cc2OC)o1. The molecule has 7 heteroatoms. The van der Waals surface area contributed by atoms with Crippen LogP contribution in [-0.4, -0.2) is 44.9 Å². The number of amides is 1. The van der Waals surface area contributed by atoms with Gasteiger partial charge in [-0.1, -0.05) is 0 Å². The predicted octanol–water partition coefficient (Wildman–Crippen LogP) is 2.44. The largest absolute Gasteiger partial charge is 0.497 e. The molecular weight excluding hydrogens is 324 g/mol. The van der Waals surface area contributed by atoms with Crippen LogP contribution in [0.2, 0.25) is 0 Å². The number of aryl methyl sites for hydroxylation is 1. The number of ether oxygens (including phenoxy) is 3. The summed E-state index contributed by atoms with van der Waals surface area (Å²) in [5.41, 5.74) is 0.778. The molecule has 2 rings (SSSR count). The molecule has 0 fully saturated rings. The fraction of sp³-hybridized carbons (Fsp3) is 0.444. The zero-order chi connectivity index (χ0) is 18.2. The second-order valence-corrected chi connectivity index (χ2v) is 5.61. The topological polar surface area (TPSA) is 82.8 Å². The van der Waals surface area contributed by atoms with Gasteiger partial charge in [-0.2, -0.15) is 0 Å². The lowest BCUT2D eigenvalue weighted by Crippen LogP contribution is -2.35. The van der Waals surface area contributed by atoms with Crippen molar-refractivity contribution in [3.05, 3.63) is 30.3 Å². The van der Waals surface area contributed by atoms with Crippen LogP contribution in [0.1, 0.15) is 19.2 Å². The summed E-state index contributed by atoms with van der Waals surface area (Å²) in [5, 5.41) is 2.85. The molecule has 0 saturated heterocycles. The van der Waals surface area contributed by atoms with Gasteiger partial charge in [0.2, 0.25) is 5.91 Å². The molecule has 0 saturated carbocycles. The summed E-state index contributed by atoms with van der Waals surface area (Å²) in [4.78, 5) is 16.1. The Morgan fingerprint density at radius 3 is 2.76 bits per heavy atom. The van der Waals surface area contributed by atoms with Crippen LogP contribution < -0.4 is 14.8 Å². The van der Waals surface area contributed by atoms with Gasteiger partial charge in [-0.25, -0.2) is 4.98 Å². The summed E-state index contributed by atoms with van der Waals surface area (Å²) in [6.45, 7) is 2.37. The fourth-order valence-corrected chi connectivity index (χ4v) is 2.41. The first-order valence-corrected chi connectivity index (χ1v) is 8.02. The van der Waals surface area contributed by atoms with Gasteiger partial charge < -0.3 is 23.9 Å². The lowest BCUT2D eigenvalue weighted by atomic mass is 10.1. The summed E-state index contributed by atoms with van der Waals surface area (Å²) in [5.74, 6) is 2.35. The van der Waals surface area contributed by atoms with Gasteiger partial charge in [-0.05, 0) is 19.1 Å². The Bertz CT molecular complexity index is 699. The van der Waals surface area contributed by atoms with Gasteiger partial charge in [0.15, 0.2) is 11.7 Å². The highest BCUT2D eigenvalue weighted by atomic mass is 16.5. The molecular formula is C18H24N2O5. The average Bonchev–Trinajstić information content (AvgIpc) is 3.08. The van der Waals surface area contributed by atoms with Crippen molar-refractivity contribution >= 4 is 5.91 Å². The maximum absolute atomic E-state index is 11.9. The lowest BCUT2D eigenvalue weighted by Gasteiger charge is -2.11. The Balaban J connectivity index is 1.99. The van der Waals surface area contributed by atoms with Crippen LogP contribution in [0, 0.1) is 0 Å². The van der Waals surface area contributed by atoms with Crippen molar-refractivity contribution < 1.29 is 23.4 Å². The Kier molecular flexibility index (Phi) is 6.82. The number of hydrogen-bond acceptors (Lipinski definition) is 6. The maximum atomic E-state index is 11.9. The monoisotopic (exact) mass is 348 g/mol. The Morgan fingerprint density at radius 2 is 2.08 bits per heavy atom. The molecule has 1 N–H and O–H groups in total. The molecule has 0 aliphatic heterocycles. The van der Waals surface area contributed by atoms with E-state index in [1.54, 1.807) is 33.6 Å². The van der Waals surface area contributed by atoms with Crippen LogP contribution >= 0.6 is 0 Å². The highest BCUT2D eigenvalue weighted by Gasteiger charge is 2.14. The van der Waals surface area contributed by atoms with E-state index in [1.165, 1.54) is 0 Å². The van der Waals surface area contributed by atoms with Gasteiger partial charge in [0.1, 0.15) is 11.5 Å². The van der Waals surface area contributed by atoms with E-state index in [2.05, 4.69) is 10.3 Å². The predicted molar refractivity (Wildman–Crippen MR) is 92.8 cm³/mol. The smallest absolute Gasteiger partial charge is 0.220 e. The number of carbonyl (C=O) groups is 1. The van der Waals surface area contributed by atoms with Gasteiger partial charge in [0.05, 0.1) is 32.6 Å². The first-order chi connectivity index (χ1) is 12.1. The van der Waals surface area contributed by atoms with Gasteiger partial charge in [0, 0.05) is 32.1 Å². The van der Waals surface area contributed by atoms with Gasteiger partial charge in [-0.3, -0.25) is 4.79 Å². The summed E-state index contributed by atoms with van der Waals surface area (Å²) in [6.07, 6.45) is 2.35. The molecule has 1 amide bonds. The highest BCUT2D eigenvalue weighted by Crippen LogP contribution is 2.33. The summed E-state index contributed by atoms with van der Waals surface area (Å²) >= 11 is 0. The number of aromatic nitrogens is 1. The van der Waals surface area contributed by atoms with Crippen LogP contribution in [0.5, 0.6) is 11.5 Å². The molecule has 25 heavy (non-hydrogen) atoms. The summed E-state index contributed by atoms with van der Waals surface area (Å²) < 4.78 is 21.3. The van der Waals surface area contributed by atoms with Crippen molar-refractivity contribution in [1.29, 1.82) is 0 Å². The number of nitrogens with one attached hydrogen (secondary N) is 1. The third-order valence-corrected chi connectivity index (χ3v) is 3.62. The number of benzene rings is 1. The van der Waals surface area contributed by atoms with E-state index in [0.29, 0.717) is 42.6 Å². The molecule has 1 aromatic carbocycles.